The van der Waals surface area contributed by atoms with Gasteiger partial charge in [-0.25, -0.2) is 9.18 Å². The maximum Gasteiger partial charge on any atom is 0.410 e. The van der Waals surface area contributed by atoms with Crippen molar-refractivity contribution < 1.29 is 23.5 Å². The maximum absolute atomic E-state index is 14.6. The lowest BCUT2D eigenvalue weighted by molar-refractivity contribution is -0.117. The Hall–Kier alpha value is -4.78. The average molecular weight is 662 g/mol. The molecule has 4 rings (SSSR count). The molecule has 0 saturated heterocycles. The van der Waals surface area contributed by atoms with Crippen molar-refractivity contribution in [3.8, 4) is 0 Å². The molecule has 248 valence electrons. The molecule has 0 saturated carbocycles. The van der Waals surface area contributed by atoms with E-state index in [1.54, 1.807) is 45.9 Å². The largest absolute Gasteiger partial charge is 0.444 e. The van der Waals surface area contributed by atoms with Crippen LogP contribution in [0.1, 0.15) is 73.8 Å². The summed E-state index contributed by atoms with van der Waals surface area (Å²) in [6, 6.07) is 17.5. The Labute approximate surface area is 278 Å². The number of benzene rings is 2. The number of aryl methyl sites for hydroxylation is 2. The predicted octanol–water partition coefficient (Wildman–Crippen LogP) is 6.32. The Kier molecular flexibility index (Phi) is 12.1. The molecule has 2 aromatic carbocycles. The molecule has 4 aromatic rings. The van der Waals surface area contributed by atoms with Crippen molar-refractivity contribution in [1.29, 1.82) is 0 Å². The lowest BCUT2D eigenvalue weighted by Crippen LogP contribution is -2.34. The van der Waals surface area contributed by atoms with Gasteiger partial charge in [-0.2, -0.15) is 5.10 Å². The Morgan fingerprint density at radius 3 is 2.38 bits per heavy atom. The highest BCUT2D eigenvalue weighted by atomic mass is 32.1. The van der Waals surface area contributed by atoms with Crippen molar-refractivity contribution in [3.63, 3.8) is 0 Å². The molecule has 47 heavy (non-hydrogen) atoms. The number of halogens is 1. The minimum Gasteiger partial charge on any atom is -0.444 e. The fourth-order valence-electron chi connectivity index (χ4n) is 4.52. The van der Waals surface area contributed by atoms with Crippen molar-refractivity contribution in [1.82, 2.24) is 25.3 Å². The molecule has 0 fully saturated rings. The summed E-state index contributed by atoms with van der Waals surface area (Å²) in [4.78, 5) is 38.9. The quantitative estimate of drug-likeness (QED) is 0.159. The number of amides is 3. The summed E-state index contributed by atoms with van der Waals surface area (Å²) in [5.41, 5.74) is 1.93. The standard InChI is InChI=1S/C34H40FN7O4S/c1-22(24-15-17-27(35)25(20-24)21-42(5)33(45)46-34(2,3)4)31(44)36-28-18-16-26(38-39-28)13-9-10-14-30-40-41-32(47-30)37-29(43)19-23-11-7-6-8-12-23/h6-8,11-12,15-18,20,22H,9-10,13-14,19,21H2,1-5H3,(H,36,39,44)(H,37,41,43). The third-order valence-electron chi connectivity index (χ3n) is 7.04. The summed E-state index contributed by atoms with van der Waals surface area (Å²) in [6.45, 7) is 6.98. The molecule has 3 amide bonds. The van der Waals surface area contributed by atoms with Crippen molar-refractivity contribution in [3.05, 3.63) is 93.9 Å². The topological polar surface area (TPSA) is 139 Å². The molecule has 0 aliphatic rings. The second kappa shape index (κ2) is 16.2. The van der Waals surface area contributed by atoms with Gasteiger partial charge in [0.25, 0.3) is 0 Å². The fraction of sp³-hybridized carbons (Fsp3) is 0.382. The Morgan fingerprint density at radius 1 is 0.936 bits per heavy atom. The number of nitrogens with one attached hydrogen (secondary N) is 2. The number of nitrogens with zero attached hydrogens (tertiary/aromatic N) is 5. The molecule has 2 heterocycles. The first-order valence-corrected chi connectivity index (χ1v) is 16.2. The zero-order valence-electron chi connectivity index (χ0n) is 27.2. The molecule has 0 radical (unpaired) electrons. The van der Waals surface area contributed by atoms with Crippen LogP contribution in [-0.2, 0) is 40.1 Å². The highest BCUT2D eigenvalue weighted by molar-refractivity contribution is 7.15. The highest BCUT2D eigenvalue weighted by Gasteiger charge is 2.22. The number of carbonyl (C=O) groups excluding carboxylic acids is 3. The van der Waals surface area contributed by atoms with Crippen LogP contribution in [0.4, 0.5) is 20.1 Å². The third-order valence-corrected chi connectivity index (χ3v) is 7.94. The van der Waals surface area contributed by atoms with E-state index in [1.807, 2.05) is 36.4 Å². The predicted molar refractivity (Wildman–Crippen MR) is 179 cm³/mol. The summed E-state index contributed by atoms with van der Waals surface area (Å²) in [6.07, 6.45) is 2.86. The SMILES string of the molecule is CC(C(=O)Nc1ccc(CCCCc2nnc(NC(=O)Cc3ccccc3)s2)nn1)c1ccc(F)c(CN(C)C(=O)OC(C)(C)C)c1. The first-order valence-electron chi connectivity index (χ1n) is 15.4. The zero-order valence-corrected chi connectivity index (χ0v) is 28.1. The van der Waals surface area contributed by atoms with Crippen LogP contribution < -0.4 is 10.6 Å². The van der Waals surface area contributed by atoms with Crippen LogP contribution in [0.2, 0.25) is 0 Å². The number of hydrogen-bond acceptors (Lipinski definition) is 9. The van der Waals surface area contributed by atoms with Gasteiger partial charge >= 0.3 is 6.09 Å². The van der Waals surface area contributed by atoms with E-state index in [1.165, 1.54) is 29.4 Å². The molecule has 13 heteroatoms. The van der Waals surface area contributed by atoms with E-state index in [2.05, 4.69) is 31.0 Å². The molecule has 0 aliphatic heterocycles. The molecule has 2 aromatic heterocycles. The number of hydrogen-bond donors (Lipinski definition) is 2. The molecule has 2 N–H and O–H groups in total. The number of rotatable bonds is 13. The Bertz CT molecular complexity index is 1660. The van der Waals surface area contributed by atoms with Gasteiger partial charge in [-0.15, -0.1) is 15.3 Å². The van der Waals surface area contributed by atoms with Gasteiger partial charge in [0.05, 0.1) is 24.6 Å². The van der Waals surface area contributed by atoms with Crippen LogP contribution in [0.3, 0.4) is 0 Å². The average Bonchev–Trinajstić information content (AvgIpc) is 3.47. The van der Waals surface area contributed by atoms with E-state index < -0.39 is 23.4 Å². The smallest absolute Gasteiger partial charge is 0.410 e. The Morgan fingerprint density at radius 2 is 1.68 bits per heavy atom. The van der Waals surface area contributed by atoms with Gasteiger partial charge in [-0.3, -0.25) is 9.59 Å². The number of carbonyl (C=O) groups is 3. The van der Waals surface area contributed by atoms with Crippen LogP contribution in [0, 0.1) is 5.82 Å². The van der Waals surface area contributed by atoms with Crippen molar-refractivity contribution in [2.45, 2.75) is 77.9 Å². The highest BCUT2D eigenvalue weighted by Crippen LogP contribution is 2.23. The molecule has 1 atom stereocenters. The fourth-order valence-corrected chi connectivity index (χ4v) is 5.32. The van der Waals surface area contributed by atoms with E-state index >= 15 is 0 Å². The van der Waals surface area contributed by atoms with Crippen LogP contribution in [0.15, 0.2) is 60.7 Å². The van der Waals surface area contributed by atoms with Gasteiger partial charge in [0.1, 0.15) is 16.4 Å². The van der Waals surface area contributed by atoms with Crippen LogP contribution in [0.5, 0.6) is 0 Å². The number of unbranched alkanes of at least 4 members (excludes halogenated alkanes) is 1. The van der Waals surface area contributed by atoms with Gasteiger partial charge in [-0.05, 0) is 76.3 Å². The van der Waals surface area contributed by atoms with Crippen molar-refractivity contribution in [2.75, 3.05) is 17.7 Å². The molecule has 11 nitrogen and oxygen atoms in total. The maximum atomic E-state index is 14.6. The number of aromatic nitrogens is 4. The molecule has 1 unspecified atom stereocenters. The summed E-state index contributed by atoms with van der Waals surface area (Å²) >= 11 is 1.37. The molecular formula is C34H40FN7O4S. The second-order valence-corrected chi connectivity index (χ2v) is 13.3. The van der Waals surface area contributed by atoms with Crippen LogP contribution in [-0.4, -0.2) is 55.9 Å². The van der Waals surface area contributed by atoms with E-state index in [4.69, 9.17) is 4.74 Å². The van der Waals surface area contributed by atoms with Gasteiger partial charge in [0, 0.05) is 19.0 Å². The Balaban J connectivity index is 1.20. The lowest BCUT2D eigenvalue weighted by atomic mass is 9.97. The van der Waals surface area contributed by atoms with Crippen LogP contribution >= 0.6 is 11.3 Å². The van der Waals surface area contributed by atoms with E-state index in [0.717, 1.165) is 35.5 Å². The van der Waals surface area contributed by atoms with Gasteiger partial charge in [-0.1, -0.05) is 53.8 Å². The third kappa shape index (κ3) is 11.2. The summed E-state index contributed by atoms with van der Waals surface area (Å²) in [7, 11) is 1.53. The first-order chi connectivity index (χ1) is 22.4. The normalized spacial score (nSPS) is 11.9. The first kappa shape index (κ1) is 35.1. The van der Waals surface area contributed by atoms with E-state index in [-0.39, 0.29) is 30.3 Å². The van der Waals surface area contributed by atoms with Crippen molar-refractivity contribution >= 4 is 40.2 Å². The molecule has 0 spiro atoms. The monoisotopic (exact) mass is 661 g/mol. The molecular weight excluding hydrogens is 621 g/mol. The minimum atomic E-state index is -0.671. The van der Waals surface area contributed by atoms with Gasteiger partial charge in [0.2, 0.25) is 16.9 Å². The number of ether oxygens (including phenoxy) is 1. The van der Waals surface area contributed by atoms with Gasteiger partial charge < -0.3 is 20.3 Å². The zero-order chi connectivity index (χ0) is 34.0. The van der Waals surface area contributed by atoms with Crippen molar-refractivity contribution in [2.24, 2.45) is 0 Å². The minimum absolute atomic E-state index is 0.00889. The summed E-state index contributed by atoms with van der Waals surface area (Å²) < 4.78 is 19.9. The summed E-state index contributed by atoms with van der Waals surface area (Å²) in [5, 5.41) is 23.6. The molecule has 0 bridgehead atoms. The molecule has 0 aliphatic carbocycles. The summed E-state index contributed by atoms with van der Waals surface area (Å²) in [5.74, 6) is -1.22. The second-order valence-electron chi connectivity index (χ2n) is 12.2. The van der Waals surface area contributed by atoms with Crippen LogP contribution in [0.25, 0.3) is 0 Å². The number of anilines is 2. The lowest BCUT2D eigenvalue weighted by Gasteiger charge is -2.25. The van der Waals surface area contributed by atoms with E-state index in [9.17, 15) is 18.8 Å². The van der Waals surface area contributed by atoms with Gasteiger partial charge in [0.15, 0.2) is 5.82 Å². The van der Waals surface area contributed by atoms with E-state index in [0.29, 0.717) is 22.9 Å².